The van der Waals surface area contributed by atoms with E-state index in [-0.39, 0.29) is 61.7 Å². The maximum absolute atomic E-state index is 13.2. The second-order valence-electron chi connectivity index (χ2n) is 13.8. The summed E-state index contributed by atoms with van der Waals surface area (Å²) in [7, 11) is 0. The van der Waals surface area contributed by atoms with Gasteiger partial charge in [-0.05, 0) is 72.6 Å². The number of guanidine groups is 1. The molecule has 51 heavy (non-hydrogen) atoms. The highest BCUT2D eigenvalue weighted by Gasteiger charge is 2.28. The summed E-state index contributed by atoms with van der Waals surface area (Å²) in [5.41, 5.74) is 1.58. The van der Waals surface area contributed by atoms with Crippen molar-refractivity contribution in [2.75, 3.05) is 10.6 Å². The zero-order chi connectivity index (χ0) is 38.1. The van der Waals surface area contributed by atoms with Crippen molar-refractivity contribution in [2.45, 2.75) is 97.7 Å². The van der Waals surface area contributed by atoms with Gasteiger partial charge < -0.3 is 36.8 Å². The normalized spacial score (nSPS) is 13.3. The number of nitriles is 1. The zero-order valence-corrected chi connectivity index (χ0v) is 30.3. The van der Waals surface area contributed by atoms with Crippen LogP contribution in [0.4, 0.5) is 11.4 Å². The molecule has 2 aromatic carbocycles. The lowest BCUT2D eigenvalue weighted by molar-refractivity contribution is -0.143. The quantitative estimate of drug-likeness (QED) is 0.0476. The summed E-state index contributed by atoms with van der Waals surface area (Å²) in [6.07, 6.45) is 2.82. The first-order valence-electron chi connectivity index (χ1n) is 16.7. The van der Waals surface area contributed by atoms with E-state index >= 15 is 0 Å². The van der Waals surface area contributed by atoms with Gasteiger partial charge in [0, 0.05) is 22.8 Å². The molecule has 276 valence electrons. The van der Waals surface area contributed by atoms with Crippen LogP contribution in [0.1, 0.15) is 78.7 Å². The number of rotatable bonds is 18. The van der Waals surface area contributed by atoms with Crippen LogP contribution in [0.3, 0.4) is 0 Å². The fourth-order valence-electron chi connectivity index (χ4n) is 4.99. The molecule has 14 nitrogen and oxygen atoms in total. The van der Waals surface area contributed by atoms with Crippen molar-refractivity contribution in [1.29, 1.82) is 5.26 Å². The number of unbranched alkanes of at least 4 members (excludes halogenated alkanes) is 1. The van der Waals surface area contributed by atoms with E-state index in [2.05, 4.69) is 31.6 Å². The number of hydrogen-bond acceptors (Lipinski definition) is 7. The standard InChI is InChI=1S/C36H48ClN7O7/c1-22(2)18-29(32(47)44-28(34(50)51)9-7-6-8-27(33(48)49)42-31(46)20-36(3,4)5)43-30(45)19-23-10-14-25(15-11-23)40-35(39-21-38)41-26-16-12-24(37)13-17-26/h10-17,22,27-29H,6-9,18-20H2,1-5H3,(H,42,46)(H,43,45)(H,44,47)(H,48,49)(H,50,51)(H2,39,40,41). The summed E-state index contributed by atoms with van der Waals surface area (Å²) in [5.74, 6) is -3.71. The molecule has 2 rings (SSSR count). The molecule has 0 fully saturated rings. The van der Waals surface area contributed by atoms with Crippen molar-refractivity contribution in [3.8, 4) is 6.19 Å². The first kappa shape index (κ1) is 42.0. The third-order valence-corrected chi connectivity index (χ3v) is 7.64. The number of carbonyl (C=O) groups is 5. The monoisotopic (exact) mass is 725 g/mol. The Balaban J connectivity index is 1.95. The molecule has 0 aromatic heterocycles. The molecule has 7 N–H and O–H groups in total. The number of hydrogen-bond donors (Lipinski definition) is 7. The molecule has 0 aliphatic carbocycles. The molecule has 0 saturated carbocycles. The van der Waals surface area contributed by atoms with E-state index < -0.39 is 41.9 Å². The van der Waals surface area contributed by atoms with Gasteiger partial charge >= 0.3 is 11.9 Å². The van der Waals surface area contributed by atoms with E-state index in [0.717, 1.165) is 0 Å². The molecule has 3 atom stereocenters. The number of aliphatic carboxylic acids is 2. The van der Waals surface area contributed by atoms with Gasteiger partial charge in [-0.3, -0.25) is 14.4 Å². The SMILES string of the molecule is CC(C)CC(NC(=O)Cc1ccc(NC(=NC#N)Nc2ccc(Cl)cc2)cc1)C(=O)NC(CCCCC(NC(=O)CC(C)(C)C)C(=O)O)C(=O)O. The van der Waals surface area contributed by atoms with Gasteiger partial charge in [-0.2, -0.15) is 5.26 Å². The number of benzene rings is 2. The number of nitrogens with zero attached hydrogens (tertiary/aromatic N) is 2. The maximum Gasteiger partial charge on any atom is 0.326 e. The number of aliphatic imine (C=N–C) groups is 1. The fraction of sp³-hybridized carbons (Fsp3) is 0.472. The van der Waals surface area contributed by atoms with Crippen LogP contribution in [-0.4, -0.2) is 64.0 Å². The molecule has 0 aliphatic rings. The Morgan fingerprint density at radius 1 is 0.784 bits per heavy atom. The highest BCUT2D eigenvalue weighted by Crippen LogP contribution is 2.19. The van der Waals surface area contributed by atoms with Gasteiger partial charge in [0.15, 0.2) is 0 Å². The Labute approximate surface area is 303 Å². The number of nitrogens with one attached hydrogen (secondary N) is 5. The first-order valence-corrected chi connectivity index (χ1v) is 17.0. The number of carbonyl (C=O) groups excluding carboxylic acids is 3. The van der Waals surface area contributed by atoms with E-state index in [1.807, 2.05) is 34.6 Å². The molecule has 15 heteroatoms. The minimum absolute atomic E-state index is 0.00174. The van der Waals surface area contributed by atoms with Crippen molar-refractivity contribution in [3.63, 3.8) is 0 Å². The number of carboxylic acid groups (broad SMARTS) is 2. The summed E-state index contributed by atoms with van der Waals surface area (Å²) >= 11 is 5.93. The van der Waals surface area contributed by atoms with Gasteiger partial charge in [-0.25, -0.2) is 9.59 Å². The molecule has 0 saturated heterocycles. The van der Waals surface area contributed by atoms with E-state index in [0.29, 0.717) is 28.4 Å². The average Bonchev–Trinajstić information content (AvgIpc) is 3.02. The van der Waals surface area contributed by atoms with Crippen molar-refractivity contribution in [2.24, 2.45) is 16.3 Å². The number of amides is 3. The summed E-state index contributed by atoms with van der Waals surface area (Å²) < 4.78 is 0. The lowest BCUT2D eigenvalue weighted by atomic mass is 9.91. The van der Waals surface area contributed by atoms with Gasteiger partial charge in [0.25, 0.3) is 0 Å². The Morgan fingerprint density at radius 3 is 1.75 bits per heavy atom. The highest BCUT2D eigenvalue weighted by atomic mass is 35.5. The summed E-state index contributed by atoms with van der Waals surface area (Å²) in [6, 6.07) is 10.3. The Bertz CT molecular complexity index is 1570. The van der Waals surface area contributed by atoms with E-state index in [1.54, 1.807) is 54.7 Å². The first-order chi connectivity index (χ1) is 23.9. The highest BCUT2D eigenvalue weighted by molar-refractivity contribution is 6.30. The maximum atomic E-state index is 13.2. The molecular formula is C36H48ClN7O7. The summed E-state index contributed by atoms with van der Waals surface area (Å²) in [4.78, 5) is 65.9. The predicted octanol–water partition coefficient (Wildman–Crippen LogP) is 4.91. The average molecular weight is 726 g/mol. The Morgan fingerprint density at radius 2 is 1.27 bits per heavy atom. The van der Waals surface area contributed by atoms with Crippen molar-refractivity contribution in [1.82, 2.24) is 16.0 Å². The largest absolute Gasteiger partial charge is 0.480 e. The van der Waals surface area contributed by atoms with Crippen LogP contribution in [0.25, 0.3) is 0 Å². The summed E-state index contributed by atoms with van der Waals surface area (Å²) in [6.45, 7) is 9.35. The van der Waals surface area contributed by atoms with Crippen LogP contribution < -0.4 is 26.6 Å². The van der Waals surface area contributed by atoms with E-state index in [9.17, 15) is 34.2 Å². The topological polar surface area (TPSA) is 222 Å². The fourth-order valence-corrected chi connectivity index (χ4v) is 5.12. The van der Waals surface area contributed by atoms with Crippen LogP contribution in [0, 0.1) is 22.8 Å². The molecule has 3 amide bonds. The van der Waals surface area contributed by atoms with Crippen LogP contribution in [0.5, 0.6) is 0 Å². The second-order valence-corrected chi connectivity index (χ2v) is 14.3. The van der Waals surface area contributed by atoms with Crippen molar-refractivity contribution in [3.05, 3.63) is 59.1 Å². The minimum atomic E-state index is -1.26. The molecule has 0 bridgehead atoms. The van der Waals surface area contributed by atoms with Crippen molar-refractivity contribution >= 4 is 58.6 Å². The molecule has 0 heterocycles. The summed E-state index contributed by atoms with van der Waals surface area (Å²) in [5, 5.41) is 42.7. The number of anilines is 2. The molecular weight excluding hydrogens is 678 g/mol. The van der Waals surface area contributed by atoms with Gasteiger partial charge in [0.05, 0.1) is 6.42 Å². The lowest BCUT2D eigenvalue weighted by Crippen LogP contribution is -2.52. The van der Waals surface area contributed by atoms with Crippen LogP contribution in [-0.2, 0) is 30.4 Å². The minimum Gasteiger partial charge on any atom is -0.480 e. The third kappa shape index (κ3) is 16.9. The smallest absolute Gasteiger partial charge is 0.326 e. The molecule has 2 aromatic rings. The molecule has 0 spiro atoms. The predicted molar refractivity (Wildman–Crippen MR) is 195 cm³/mol. The van der Waals surface area contributed by atoms with Gasteiger partial charge in [-0.1, -0.05) is 71.2 Å². The van der Waals surface area contributed by atoms with Crippen LogP contribution in [0.15, 0.2) is 53.5 Å². The zero-order valence-electron chi connectivity index (χ0n) is 29.6. The van der Waals surface area contributed by atoms with Gasteiger partial charge in [0.2, 0.25) is 29.9 Å². The Kier molecular flexibility index (Phi) is 16.9. The second kappa shape index (κ2) is 20.5. The number of carboxylic acids is 2. The van der Waals surface area contributed by atoms with Crippen LogP contribution >= 0.6 is 11.6 Å². The third-order valence-electron chi connectivity index (χ3n) is 7.38. The van der Waals surface area contributed by atoms with E-state index in [4.69, 9.17) is 16.9 Å². The van der Waals surface area contributed by atoms with E-state index in [1.165, 1.54) is 0 Å². The van der Waals surface area contributed by atoms with Gasteiger partial charge in [-0.15, -0.1) is 4.99 Å². The number of halogens is 1. The van der Waals surface area contributed by atoms with Gasteiger partial charge in [0.1, 0.15) is 18.1 Å². The Hall–Kier alpha value is -5.16. The molecule has 0 aliphatic heterocycles. The lowest BCUT2D eigenvalue weighted by Gasteiger charge is -2.23. The molecule has 3 unspecified atom stereocenters. The van der Waals surface area contributed by atoms with Crippen molar-refractivity contribution < 1.29 is 34.2 Å². The van der Waals surface area contributed by atoms with Crippen LogP contribution in [0.2, 0.25) is 5.02 Å². The molecule has 0 radical (unpaired) electrons.